The van der Waals surface area contributed by atoms with Gasteiger partial charge in [0.05, 0.1) is 11.9 Å². The molecule has 2 atom stereocenters. The number of carbonyl (C=O) groups is 2. The summed E-state index contributed by atoms with van der Waals surface area (Å²) in [6, 6.07) is 4.69. The molecule has 0 bridgehead atoms. The van der Waals surface area contributed by atoms with Crippen molar-refractivity contribution in [3.8, 4) is 0 Å². The molecule has 1 heterocycles. The van der Waals surface area contributed by atoms with E-state index >= 15 is 0 Å². The number of H-pyrrole nitrogens is 1. The zero-order valence-electron chi connectivity index (χ0n) is 14.6. The lowest BCUT2D eigenvalue weighted by Crippen LogP contribution is -2.46. The summed E-state index contributed by atoms with van der Waals surface area (Å²) in [6.07, 6.45) is 2.48. The Bertz CT molecular complexity index is 757. The summed E-state index contributed by atoms with van der Waals surface area (Å²) in [5.41, 5.74) is 2.12. The fourth-order valence-electron chi connectivity index (χ4n) is 2.66. The highest BCUT2D eigenvalue weighted by Gasteiger charge is 2.27. The third kappa shape index (κ3) is 4.76. The summed E-state index contributed by atoms with van der Waals surface area (Å²) in [5.74, 6) is -1.35. The van der Waals surface area contributed by atoms with Crippen LogP contribution in [0.5, 0.6) is 0 Å². The molecule has 0 aliphatic carbocycles. The number of rotatable bonds is 8. The number of aliphatic carboxylic acids is 1. The molecule has 0 fully saturated rings. The number of benzene rings is 1. The summed E-state index contributed by atoms with van der Waals surface area (Å²) in [5, 5.41) is 21.2. The van der Waals surface area contributed by atoms with E-state index < -0.39 is 23.9 Å². The lowest BCUT2D eigenvalue weighted by Gasteiger charge is -2.20. The second-order valence-corrected chi connectivity index (χ2v) is 7.71. The summed E-state index contributed by atoms with van der Waals surface area (Å²) >= 11 is 1.42. The van der Waals surface area contributed by atoms with Gasteiger partial charge in [0.25, 0.3) is 0 Å². The number of fused-ring (bicyclic) bond motifs is 1. The molecule has 0 spiro atoms. The van der Waals surface area contributed by atoms with Crippen LogP contribution in [0.4, 0.5) is 0 Å². The quantitative estimate of drug-likeness (QED) is 0.539. The van der Waals surface area contributed by atoms with Crippen molar-refractivity contribution in [3.63, 3.8) is 0 Å². The first-order valence-electron chi connectivity index (χ1n) is 8.20. The van der Waals surface area contributed by atoms with Crippen LogP contribution in [0.1, 0.15) is 25.8 Å². The van der Waals surface area contributed by atoms with Gasteiger partial charge in [-0.2, -0.15) is 0 Å². The molecular formula is C18H24N2O4S. The Morgan fingerprint density at radius 1 is 1.32 bits per heavy atom. The van der Waals surface area contributed by atoms with Crippen LogP contribution in [0, 0.1) is 12.8 Å². The minimum atomic E-state index is -1.28. The Hall–Kier alpha value is -1.99. The minimum Gasteiger partial charge on any atom is -0.480 e. The van der Waals surface area contributed by atoms with Crippen molar-refractivity contribution in [1.29, 1.82) is 0 Å². The predicted octanol–water partition coefficient (Wildman–Crippen LogP) is 2.54. The molecule has 0 radical (unpaired) electrons. The molecule has 0 saturated heterocycles. The maximum absolute atomic E-state index is 12.6. The third-order valence-electron chi connectivity index (χ3n) is 3.92. The number of hydrogen-bond donors (Lipinski definition) is 4. The smallest absolute Gasteiger partial charge is 0.328 e. The fourth-order valence-corrected chi connectivity index (χ4v) is 4.14. The average molecular weight is 364 g/mol. The number of carboxylic acids is 1. The second-order valence-electron chi connectivity index (χ2n) is 6.47. The van der Waals surface area contributed by atoms with E-state index in [0.717, 1.165) is 21.4 Å². The number of aryl methyl sites for hydroxylation is 1. The molecule has 1 aromatic carbocycles. The first-order valence-corrected chi connectivity index (χ1v) is 9.08. The SMILES string of the molecule is Cc1cccc2[nH]cc(S[C@H](CC(C)C)C(=O)N[C@@H](CO)C(=O)O)c12. The Labute approximate surface area is 151 Å². The van der Waals surface area contributed by atoms with E-state index in [1.54, 1.807) is 0 Å². The molecule has 2 aromatic rings. The number of aromatic amines is 1. The molecule has 7 heteroatoms. The summed E-state index contributed by atoms with van der Waals surface area (Å²) in [4.78, 5) is 27.8. The van der Waals surface area contributed by atoms with Crippen LogP contribution in [-0.2, 0) is 9.59 Å². The number of thioether (sulfide) groups is 1. The first-order chi connectivity index (χ1) is 11.8. The number of amides is 1. The van der Waals surface area contributed by atoms with Gasteiger partial charge in [0.15, 0.2) is 0 Å². The number of carboxylic acid groups (broad SMARTS) is 1. The number of aliphatic hydroxyl groups excluding tert-OH is 1. The molecule has 0 aliphatic heterocycles. The Kier molecular flexibility index (Phi) is 6.50. The molecule has 6 nitrogen and oxygen atoms in total. The van der Waals surface area contributed by atoms with Crippen LogP contribution in [0.15, 0.2) is 29.3 Å². The molecule has 0 aliphatic rings. The number of hydrogen-bond acceptors (Lipinski definition) is 4. The van der Waals surface area contributed by atoms with Crippen LogP contribution in [0.25, 0.3) is 10.9 Å². The van der Waals surface area contributed by atoms with Crippen molar-refractivity contribution in [2.75, 3.05) is 6.61 Å². The lowest BCUT2D eigenvalue weighted by atomic mass is 10.1. The van der Waals surface area contributed by atoms with E-state index in [1.807, 2.05) is 45.2 Å². The van der Waals surface area contributed by atoms with Gasteiger partial charge in [0.1, 0.15) is 6.04 Å². The highest BCUT2D eigenvalue weighted by molar-refractivity contribution is 8.00. The van der Waals surface area contributed by atoms with Crippen molar-refractivity contribution in [2.24, 2.45) is 5.92 Å². The van der Waals surface area contributed by atoms with Crippen molar-refractivity contribution >= 4 is 34.5 Å². The highest BCUT2D eigenvalue weighted by Crippen LogP contribution is 2.35. The monoisotopic (exact) mass is 364 g/mol. The number of carbonyl (C=O) groups excluding carboxylic acids is 1. The van der Waals surface area contributed by atoms with E-state index in [9.17, 15) is 9.59 Å². The molecule has 2 rings (SSSR count). The van der Waals surface area contributed by atoms with Gasteiger partial charge in [0.2, 0.25) is 5.91 Å². The first kappa shape index (κ1) is 19.3. The van der Waals surface area contributed by atoms with Crippen LogP contribution in [0.2, 0.25) is 0 Å². The molecule has 0 unspecified atom stereocenters. The molecular weight excluding hydrogens is 340 g/mol. The second kappa shape index (κ2) is 8.40. The zero-order valence-corrected chi connectivity index (χ0v) is 15.4. The summed E-state index contributed by atoms with van der Waals surface area (Å²) < 4.78 is 0. The third-order valence-corrected chi connectivity index (χ3v) is 5.19. The van der Waals surface area contributed by atoms with E-state index in [1.165, 1.54) is 11.8 Å². The van der Waals surface area contributed by atoms with Gasteiger partial charge >= 0.3 is 5.97 Å². The molecule has 136 valence electrons. The van der Waals surface area contributed by atoms with Gasteiger partial charge in [-0.05, 0) is 30.9 Å². The number of aliphatic hydroxyl groups is 1. The number of nitrogens with one attached hydrogen (secondary N) is 2. The maximum atomic E-state index is 12.6. The standard InChI is InChI=1S/C18H24N2O4S/c1-10(2)7-14(17(22)20-13(9-21)18(23)24)25-15-8-19-12-6-4-5-11(3)16(12)15/h4-6,8,10,13-14,19,21H,7,9H2,1-3H3,(H,20,22)(H,23,24)/t13-,14+/m0/s1. The largest absolute Gasteiger partial charge is 0.480 e. The van der Waals surface area contributed by atoms with Gasteiger partial charge in [-0.15, -0.1) is 11.8 Å². The van der Waals surface area contributed by atoms with Gasteiger partial charge < -0.3 is 20.5 Å². The molecule has 4 N–H and O–H groups in total. The number of aromatic nitrogens is 1. The van der Waals surface area contributed by atoms with Crippen LogP contribution < -0.4 is 5.32 Å². The van der Waals surface area contributed by atoms with E-state index in [2.05, 4.69) is 10.3 Å². The molecule has 1 amide bonds. The van der Waals surface area contributed by atoms with E-state index in [4.69, 9.17) is 10.2 Å². The van der Waals surface area contributed by atoms with Crippen molar-refractivity contribution in [1.82, 2.24) is 10.3 Å². The van der Waals surface area contributed by atoms with E-state index in [0.29, 0.717) is 6.42 Å². The highest BCUT2D eigenvalue weighted by atomic mass is 32.2. The van der Waals surface area contributed by atoms with Gasteiger partial charge in [-0.25, -0.2) is 4.79 Å². The van der Waals surface area contributed by atoms with E-state index in [-0.39, 0.29) is 11.8 Å². The fraction of sp³-hybridized carbons (Fsp3) is 0.444. The van der Waals surface area contributed by atoms with Crippen molar-refractivity contribution in [2.45, 2.75) is 43.4 Å². The summed E-state index contributed by atoms with van der Waals surface area (Å²) in [7, 11) is 0. The topological polar surface area (TPSA) is 102 Å². The molecule has 1 aromatic heterocycles. The Balaban J connectivity index is 2.25. The molecule has 25 heavy (non-hydrogen) atoms. The maximum Gasteiger partial charge on any atom is 0.328 e. The molecule has 0 saturated carbocycles. The van der Waals surface area contributed by atoms with Crippen molar-refractivity contribution in [3.05, 3.63) is 30.0 Å². The lowest BCUT2D eigenvalue weighted by molar-refractivity contribution is -0.142. The summed E-state index contributed by atoms with van der Waals surface area (Å²) in [6.45, 7) is 5.42. The van der Waals surface area contributed by atoms with Crippen molar-refractivity contribution < 1.29 is 19.8 Å². The Morgan fingerprint density at radius 3 is 2.64 bits per heavy atom. The van der Waals surface area contributed by atoms with Crippen LogP contribution >= 0.6 is 11.8 Å². The van der Waals surface area contributed by atoms with Gasteiger partial charge in [-0.1, -0.05) is 26.0 Å². The van der Waals surface area contributed by atoms with Crippen LogP contribution in [0.3, 0.4) is 0 Å². The average Bonchev–Trinajstić information content (AvgIpc) is 2.95. The predicted molar refractivity (Wildman–Crippen MR) is 98.8 cm³/mol. The van der Waals surface area contributed by atoms with Gasteiger partial charge in [0, 0.05) is 22.0 Å². The minimum absolute atomic E-state index is 0.270. The Morgan fingerprint density at radius 2 is 2.04 bits per heavy atom. The zero-order chi connectivity index (χ0) is 18.6. The normalized spacial score (nSPS) is 13.8. The van der Waals surface area contributed by atoms with Crippen LogP contribution in [-0.4, -0.2) is 45.0 Å². The van der Waals surface area contributed by atoms with Gasteiger partial charge in [-0.3, -0.25) is 4.79 Å².